The number of hydrogen-bond donors (Lipinski definition) is 0. The van der Waals surface area contributed by atoms with Crippen LogP contribution < -0.4 is 0 Å². The van der Waals surface area contributed by atoms with Gasteiger partial charge in [0.15, 0.2) is 0 Å². The summed E-state index contributed by atoms with van der Waals surface area (Å²) < 4.78 is 44.3. The molecule has 0 saturated heterocycles. The third-order valence-electron chi connectivity index (χ3n) is 3.38. The smallest absolute Gasteiger partial charge is 0.393 e. The van der Waals surface area contributed by atoms with Gasteiger partial charge in [-0.05, 0) is 18.1 Å². The maximum atomic E-state index is 13.2. The highest BCUT2D eigenvalue weighted by Crippen LogP contribution is 2.44. The molecule has 20 heavy (non-hydrogen) atoms. The number of carbonyl (C=O) groups is 1. The van der Waals surface area contributed by atoms with E-state index >= 15 is 0 Å². The van der Waals surface area contributed by atoms with E-state index in [1.807, 2.05) is 0 Å². The molecule has 1 aliphatic rings. The summed E-state index contributed by atoms with van der Waals surface area (Å²) in [6.45, 7) is 1.66. The van der Waals surface area contributed by atoms with E-state index in [-0.39, 0.29) is 6.61 Å². The van der Waals surface area contributed by atoms with Crippen LogP contribution in [-0.4, -0.2) is 18.8 Å². The molecule has 108 valence electrons. The maximum Gasteiger partial charge on any atom is 0.393 e. The highest BCUT2D eigenvalue weighted by molar-refractivity contribution is 5.71. The Balaban J connectivity index is 2.25. The molecule has 0 aliphatic heterocycles. The summed E-state index contributed by atoms with van der Waals surface area (Å²) in [4.78, 5) is 11.4. The second-order valence-corrected chi connectivity index (χ2v) is 4.67. The number of halogens is 3. The molecule has 0 spiro atoms. The molecule has 1 aromatic carbocycles. The predicted octanol–water partition coefficient (Wildman–Crippen LogP) is 3.93. The van der Waals surface area contributed by atoms with Crippen LogP contribution in [-0.2, 0) is 9.53 Å². The zero-order valence-electron chi connectivity index (χ0n) is 11.0. The molecule has 0 amide bonds. The second-order valence-electron chi connectivity index (χ2n) is 4.67. The van der Waals surface area contributed by atoms with Gasteiger partial charge in [0.2, 0.25) is 0 Å². The van der Waals surface area contributed by atoms with Crippen molar-refractivity contribution in [3.05, 3.63) is 41.5 Å². The Kier molecular flexibility index (Phi) is 4.16. The number of benzene rings is 1. The number of rotatable bonds is 4. The Morgan fingerprint density at radius 1 is 1.35 bits per heavy atom. The van der Waals surface area contributed by atoms with E-state index in [2.05, 4.69) is 4.74 Å². The van der Waals surface area contributed by atoms with Crippen molar-refractivity contribution in [3.8, 4) is 0 Å². The molecule has 1 aliphatic carbocycles. The normalized spacial score (nSPS) is 18.7. The first kappa shape index (κ1) is 14.6. The van der Waals surface area contributed by atoms with Gasteiger partial charge in [0.05, 0.1) is 18.9 Å². The zero-order chi connectivity index (χ0) is 14.8. The summed E-state index contributed by atoms with van der Waals surface area (Å²) in [5.41, 5.74) is 1.38. The maximum absolute atomic E-state index is 13.2. The minimum atomic E-state index is -4.45. The van der Waals surface area contributed by atoms with E-state index in [0.717, 1.165) is 5.56 Å². The van der Waals surface area contributed by atoms with Gasteiger partial charge in [-0.1, -0.05) is 36.4 Å². The lowest BCUT2D eigenvalue weighted by atomic mass is 9.85. The average molecular weight is 284 g/mol. The number of ether oxygens (including phenoxy) is 1. The largest absolute Gasteiger partial charge is 0.466 e. The zero-order valence-corrected chi connectivity index (χ0v) is 11.0. The Morgan fingerprint density at radius 2 is 2.05 bits per heavy atom. The first-order valence-electron chi connectivity index (χ1n) is 6.43. The molecule has 2 nitrogen and oxygen atoms in total. The van der Waals surface area contributed by atoms with E-state index in [0.29, 0.717) is 5.56 Å². The van der Waals surface area contributed by atoms with Crippen LogP contribution in [0.5, 0.6) is 0 Å². The van der Waals surface area contributed by atoms with Crippen LogP contribution in [0.1, 0.15) is 30.4 Å². The highest BCUT2D eigenvalue weighted by Gasteiger charge is 2.46. The topological polar surface area (TPSA) is 26.3 Å². The summed E-state index contributed by atoms with van der Waals surface area (Å²) >= 11 is 0. The van der Waals surface area contributed by atoms with Crippen molar-refractivity contribution in [2.45, 2.75) is 25.4 Å². The molecule has 2 rings (SSSR count). The standard InChI is InChI=1S/C15H15F3O2/c1-2-20-14(19)9-13(15(16,17)18)12-8-7-10-5-3-4-6-11(10)12/h3-8,12-13H,2,9H2,1H3/t12?,13-/m1/s1. The third kappa shape index (κ3) is 3.03. The predicted molar refractivity (Wildman–Crippen MR) is 69.0 cm³/mol. The number of hydrogen-bond acceptors (Lipinski definition) is 2. The Labute approximate surface area is 115 Å². The fraction of sp³-hybridized carbons (Fsp3) is 0.400. The lowest BCUT2D eigenvalue weighted by molar-refractivity contribution is -0.187. The monoisotopic (exact) mass is 284 g/mol. The fourth-order valence-electron chi connectivity index (χ4n) is 2.47. The van der Waals surface area contributed by atoms with Crippen molar-refractivity contribution >= 4 is 12.0 Å². The van der Waals surface area contributed by atoms with E-state index in [4.69, 9.17) is 0 Å². The summed E-state index contributed by atoms with van der Waals surface area (Å²) in [6, 6.07) is 6.92. The van der Waals surface area contributed by atoms with Crippen molar-refractivity contribution in [1.29, 1.82) is 0 Å². The van der Waals surface area contributed by atoms with E-state index < -0.39 is 30.4 Å². The quantitative estimate of drug-likeness (QED) is 0.783. The highest BCUT2D eigenvalue weighted by atomic mass is 19.4. The summed E-state index contributed by atoms with van der Waals surface area (Å²) in [5.74, 6) is -3.38. The number of alkyl halides is 3. The van der Waals surface area contributed by atoms with Gasteiger partial charge >= 0.3 is 12.1 Å². The van der Waals surface area contributed by atoms with Gasteiger partial charge in [0, 0.05) is 5.92 Å². The van der Waals surface area contributed by atoms with Crippen LogP contribution in [0.2, 0.25) is 0 Å². The van der Waals surface area contributed by atoms with Gasteiger partial charge in [0.25, 0.3) is 0 Å². The molecule has 1 aromatic rings. The van der Waals surface area contributed by atoms with Crippen LogP contribution >= 0.6 is 0 Å². The van der Waals surface area contributed by atoms with Crippen molar-refractivity contribution in [2.24, 2.45) is 5.92 Å². The molecule has 0 heterocycles. The summed E-state index contributed by atoms with van der Waals surface area (Å²) in [6.07, 6.45) is -1.91. The molecule has 5 heteroatoms. The Bertz CT molecular complexity index is 520. The minimum absolute atomic E-state index is 0.0838. The van der Waals surface area contributed by atoms with Gasteiger partial charge < -0.3 is 4.74 Å². The SMILES string of the molecule is CCOC(=O)C[C@H](C1C=Cc2ccccc21)C(F)(F)F. The van der Waals surface area contributed by atoms with Crippen LogP contribution in [0, 0.1) is 5.92 Å². The van der Waals surface area contributed by atoms with Crippen molar-refractivity contribution in [3.63, 3.8) is 0 Å². The molecule has 0 N–H and O–H groups in total. The third-order valence-corrected chi connectivity index (χ3v) is 3.38. The van der Waals surface area contributed by atoms with Gasteiger partial charge in [0.1, 0.15) is 0 Å². The summed E-state index contributed by atoms with van der Waals surface area (Å²) in [5, 5.41) is 0. The van der Waals surface area contributed by atoms with Crippen LogP contribution in [0.4, 0.5) is 13.2 Å². The first-order chi connectivity index (χ1) is 9.43. The van der Waals surface area contributed by atoms with Gasteiger partial charge in [-0.2, -0.15) is 13.2 Å². The van der Waals surface area contributed by atoms with Crippen LogP contribution in [0.25, 0.3) is 6.08 Å². The number of fused-ring (bicyclic) bond motifs is 1. The van der Waals surface area contributed by atoms with Gasteiger partial charge in [-0.15, -0.1) is 0 Å². The first-order valence-corrected chi connectivity index (χ1v) is 6.43. The fourth-order valence-corrected chi connectivity index (χ4v) is 2.47. The van der Waals surface area contributed by atoms with Crippen LogP contribution in [0.15, 0.2) is 30.3 Å². The summed E-state index contributed by atoms with van der Waals surface area (Å²) in [7, 11) is 0. The molecule has 0 saturated carbocycles. The molecular weight excluding hydrogens is 269 g/mol. The molecule has 0 aromatic heterocycles. The molecule has 0 radical (unpaired) electrons. The van der Waals surface area contributed by atoms with Crippen molar-refractivity contribution in [2.75, 3.05) is 6.61 Å². The second kappa shape index (κ2) is 5.69. The Hall–Kier alpha value is -1.78. The van der Waals surface area contributed by atoms with E-state index in [1.165, 1.54) is 6.08 Å². The van der Waals surface area contributed by atoms with E-state index in [1.54, 1.807) is 37.3 Å². The number of carbonyl (C=O) groups excluding carboxylic acids is 1. The lowest BCUT2D eigenvalue weighted by Gasteiger charge is -2.25. The van der Waals surface area contributed by atoms with Gasteiger partial charge in [-0.3, -0.25) is 4.79 Å². The molecule has 0 fully saturated rings. The Morgan fingerprint density at radius 3 is 2.70 bits per heavy atom. The molecule has 2 atom stereocenters. The molecule has 0 bridgehead atoms. The average Bonchev–Trinajstić information content (AvgIpc) is 2.78. The minimum Gasteiger partial charge on any atom is -0.466 e. The number of allylic oxidation sites excluding steroid dienone is 1. The van der Waals surface area contributed by atoms with Crippen molar-refractivity contribution in [1.82, 2.24) is 0 Å². The number of esters is 1. The van der Waals surface area contributed by atoms with Crippen LogP contribution in [0.3, 0.4) is 0 Å². The van der Waals surface area contributed by atoms with E-state index in [9.17, 15) is 18.0 Å². The molecule has 1 unspecified atom stereocenters. The van der Waals surface area contributed by atoms with Crippen molar-refractivity contribution < 1.29 is 22.7 Å². The lowest BCUT2D eigenvalue weighted by Crippen LogP contribution is -2.30. The van der Waals surface area contributed by atoms with Gasteiger partial charge in [-0.25, -0.2) is 0 Å². The molecular formula is C15H15F3O2.